The summed E-state index contributed by atoms with van der Waals surface area (Å²) in [5.41, 5.74) is 3.66. The van der Waals surface area contributed by atoms with Crippen LogP contribution in [0.25, 0.3) is 22.3 Å². The molecule has 0 bridgehead atoms. The van der Waals surface area contributed by atoms with Gasteiger partial charge in [-0.05, 0) is 47.0 Å². The zero-order chi connectivity index (χ0) is 15.5. The van der Waals surface area contributed by atoms with Crippen molar-refractivity contribution >= 4 is 15.9 Å². The molecule has 0 atom stereocenters. The predicted octanol–water partition coefficient (Wildman–Crippen LogP) is 5.79. The summed E-state index contributed by atoms with van der Waals surface area (Å²) in [7, 11) is 0. The van der Waals surface area contributed by atoms with Crippen molar-refractivity contribution < 1.29 is 4.39 Å². The Morgan fingerprint density at radius 2 is 1.36 bits per heavy atom. The Morgan fingerprint density at radius 1 is 0.773 bits per heavy atom. The Morgan fingerprint density at radius 3 is 1.95 bits per heavy atom. The first-order valence-electron chi connectivity index (χ1n) is 6.73. The van der Waals surface area contributed by atoms with Gasteiger partial charge in [-0.3, -0.25) is 0 Å². The maximum absolute atomic E-state index is 14.4. The summed E-state index contributed by atoms with van der Waals surface area (Å²) in [5, 5.41) is 8.81. The molecule has 0 saturated carbocycles. The van der Waals surface area contributed by atoms with Gasteiger partial charge in [0.05, 0.1) is 11.6 Å². The third-order valence-electron chi connectivity index (χ3n) is 3.47. The third-order valence-corrected chi connectivity index (χ3v) is 4.00. The molecule has 0 aliphatic heterocycles. The zero-order valence-corrected chi connectivity index (χ0v) is 13.1. The lowest BCUT2D eigenvalue weighted by Crippen LogP contribution is -1.87. The van der Waals surface area contributed by atoms with Crippen molar-refractivity contribution in [2.24, 2.45) is 0 Å². The minimum absolute atomic E-state index is 0.273. The highest BCUT2D eigenvalue weighted by Gasteiger charge is 2.07. The van der Waals surface area contributed by atoms with Crippen molar-refractivity contribution in [1.82, 2.24) is 0 Å². The average Bonchev–Trinajstić information content (AvgIpc) is 2.56. The molecular weight excluding hydrogens is 341 g/mol. The van der Waals surface area contributed by atoms with Crippen LogP contribution < -0.4 is 0 Å². The van der Waals surface area contributed by atoms with Crippen molar-refractivity contribution in [2.45, 2.75) is 0 Å². The van der Waals surface area contributed by atoms with Gasteiger partial charge in [0.2, 0.25) is 0 Å². The fourth-order valence-corrected chi connectivity index (χ4v) is 2.56. The summed E-state index contributed by atoms with van der Waals surface area (Å²) in [6.45, 7) is 0. The van der Waals surface area contributed by atoms with E-state index >= 15 is 0 Å². The van der Waals surface area contributed by atoms with E-state index in [9.17, 15) is 4.39 Å². The van der Waals surface area contributed by atoms with Gasteiger partial charge in [-0.15, -0.1) is 0 Å². The van der Waals surface area contributed by atoms with Gasteiger partial charge in [0.15, 0.2) is 0 Å². The molecule has 1 nitrogen and oxygen atoms in total. The van der Waals surface area contributed by atoms with Crippen molar-refractivity contribution in [2.75, 3.05) is 0 Å². The van der Waals surface area contributed by atoms with Crippen LogP contribution in [0.3, 0.4) is 0 Å². The van der Waals surface area contributed by atoms with E-state index in [1.165, 1.54) is 6.07 Å². The Balaban J connectivity index is 1.98. The number of rotatable bonds is 2. The Bertz CT molecular complexity index is 846. The highest BCUT2D eigenvalue weighted by molar-refractivity contribution is 9.10. The molecule has 0 radical (unpaired) electrons. The molecule has 0 aromatic heterocycles. The van der Waals surface area contributed by atoms with Crippen LogP contribution >= 0.6 is 15.9 Å². The molecule has 0 fully saturated rings. The van der Waals surface area contributed by atoms with Crippen LogP contribution in [-0.2, 0) is 0 Å². The molecule has 3 heteroatoms. The van der Waals surface area contributed by atoms with Crippen LogP contribution in [0.15, 0.2) is 71.2 Å². The monoisotopic (exact) mass is 351 g/mol. The third kappa shape index (κ3) is 2.93. The lowest BCUT2D eigenvalue weighted by molar-refractivity contribution is 0.632. The number of hydrogen-bond donors (Lipinski definition) is 0. The topological polar surface area (TPSA) is 23.8 Å². The van der Waals surface area contributed by atoms with E-state index in [4.69, 9.17) is 5.26 Å². The van der Waals surface area contributed by atoms with E-state index in [0.717, 1.165) is 21.2 Å². The van der Waals surface area contributed by atoms with Gasteiger partial charge in [0, 0.05) is 10.0 Å². The summed E-state index contributed by atoms with van der Waals surface area (Å²) in [6.07, 6.45) is 0. The van der Waals surface area contributed by atoms with Crippen LogP contribution in [0.4, 0.5) is 4.39 Å². The minimum Gasteiger partial charge on any atom is -0.206 e. The number of halogens is 2. The number of hydrogen-bond acceptors (Lipinski definition) is 1. The highest BCUT2D eigenvalue weighted by Crippen LogP contribution is 2.28. The van der Waals surface area contributed by atoms with E-state index in [-0.39, 0.29) is 5.82 Å². The fourth-order valence-electron chi connectivity index (χ4n) is 2.30. The molecule has 3 rings (SSSR count). The van der Waals surface area contributed by atoms with E-state index in [0.29, 0.717) is 11.1 Å². The van der Waals surface area contributed by atoms with Crippen molar-refractivity contribution in [3.8, 4) is 28.3 Å². The van der Waals surface area contributed by atoms with Crippen molar-refractivity contribution in [1.29, 1.82) is 5.26 Å². The second-order valence-corrected chi connectivity index (χ2v) is 5.81. The fraction of sp³-hybridized carbons (Fsp3) is 0. The molecule has 106 valence electrons. The molecule has 0 aliphatic rings. The lowest BCUT2D eigenvalue weighted by atomic mass is 9.99. The van der Waals surface area contributed by atoms with Gasteiger partial charge in [0.1, 0.15) is 5.82 Å². The molecule has 3 aromatic rings. The standard InChI is InChI=1S/C19H11BrFN/c20-17-8-5-14(6-9-17)16-7-10-18(19(21)11-16)15-3-1-13(12-22)2-4-15/h1-11H. The van der Waals surface area contributed by atoms with Crippen molar-refractivity contribution in [3.05, 3.63) is 82.6 Å². The Kier molecular flexibility index (Phi) is 4.04. The van der Waals surface area contributed by atoms with E-state index in [1.807, 2.05) is 30.3 Å². The van der Waals surface area contributed by atoms with Gasteiger partial charge in [-0.2, -0.15) is 5.26 Å². The number of nitriles is 1. The molecule has 0 unspecified atom stereocenters. The summed E-state index contributed by atoms with van der Waals surface area (Å²) in [4.78, 5) is 0. The maximum atomic E-state index is 14.4. The van der Waals surface area contributed by atoms with Gasteiger partial charge in [-0.1, -0.05) is 52.3 Å². The summed E-state index contributed by atoms with van der Waals surface area (Å²) in [5.74, 6) is -0.273. The molecule has 0 aliphatic carbocycles. The van der Waals surface area contributed by atoms with Gasteiger partial charge in [0.25, 0.3) is 0 Å². The van der Waals surface area contributed by atoms with Gasteiger partial charge in [-0.25, -0.2) is 4.39 Å². The highest BCUT2D eigenvalue weighted by atomic mass is 79.9. The number of benzene rings is 3. The Hall–Kier alpha value is -2.44. The van der Waals surface area contributed by atoms with Gasteiger partial charge < -0.3 is 0 Å². The van der Waals surface area contributed by atoms with Gasteiger partial charge >= 0.3 is 0 Å². The maximum Gasteiger partial charge on any atom is 0.131 e. The normalized spacial score (nSPS) is 10.2. The molecule has 0 saturated heterocycles. The van der Waals surface area contributed by atoms with Crippen LogP contribution in [-0.4, -0.2) is 0 Å². The average molecular weight is 352 g/mol. The largest absolute Gasteiger partial charge is 0.206 e. The first-order chi connectivity index (χ1) is 10.7. The molecule has 0 heterocycles. The van der Waals surface area contributed by atoms with E-state index in [2.05, 4.69) is 22.0 Å². The zero-order valence-electron chi connectivity index (χ0n) is 11.6. The first-order valence-corrected chi connectivity index (χ1v) is 7.53. The van der Waals surface area contributed by atoms with Crippen LogP contribution in [0.2, 0.25) is 0 Å². The number of nitrogens with zero attached hydrogens (tertiary/aromatic N) is 1. The Labute approximate surface area is 136 Å². The smallest absolute Gasteiger partial charge is 0.131 e. The summed E-state index contributed by atoms with van der Waals surface area (Å²) < 4.78 is 15.4. The minimum atomic E-state index is -0.273. The lowest BCUT2D eigenvalue weighted by Gasteiger charge is -2.07. The van der Waals surface area contributed by atoms with E-state index < -0.39 is 0 Å². The van der Waals surface area contributed by atoms with Crippen LogP contribution in [0.5, 0.6) is 0 Å². The molecule has 0 amide bonds. The summed E-state index contributed by atoms with van der Waals surface area (Å²) in [6, 6.07) is 21.9. The summed E-state index contributed by atoms with van der Waals surface area (Å²) >= 11 is 3.39. The second-order valence-electron chi connectivity index (χ2n) is 4.89. The molecule has 0 N–H and O–H groups in total. The van der Waals surface area contributed by atoms with Crippen molar-refractivity contribution in [3.63, 3.8) is 0 Å². The van der Waals surface area contributed by atoms with E-state index in [1.54, 1.807) is 30.3 Å². The predicted molar refractivity (Wildman–Crippen MR) is 89.7 cm³/mol. The molecular formula is C19H11BrFN. The SMILES string of the molecule is N#Cc1ccc(-c2ccc(-c3ccc(Br)cc3)cc2F)cc1. The quantitative estimate of drug-likeness (QED) is 0.572. The second kappa shape index (κ2) is 6.13. The molecule has 22 heavy (non-hydrogen) atoms. The van der Waals surface area contributed by atoms with Crippen LogP contribution in [0, 0.1) is 17.1 Å². The molecule has 3 aromatic carbocycles. The molecule has 0 spiro atoms. The van der Waals surface area contributed by atoms with Crippen LogP contribution in [0.1, 0.15) is 5.56 Å². The first kappa shape index (κ1) is 14.5.